The lowest BCUT2D eigenvalue weighted by Gasteiger charge is -2.57. The van der Waals surface area contributed by atoms with Crippen molar-refractivity contribution in [3.05, 3.63) is 64.7 Å². The number of piperazine rings is 1. The number of nitrogens with one attached hydrogen (secondary N) is 1. The smallest absolute Gasteiger partial charge is 0.419 e. The maximum atomic E-state index is 13.4. The third kappa shape index (κ3) is 5.55. The molecule has 2 aromatic rings. The molecule has 2 aliphatic heterocycles. The second kappa shape index (κ2) is 10.6. The van der Waals surface area contributed by atoms with Crippen LogP contribution in [0, 0.1) is 5.41 Å². The van der Waals surface area contributed by atoms with E-state index in [-0.39, 0.29) is 11.8 Å². The standard InChI is InChI=1S/C30H40F3N3O/c1-21(2)24-6-4-5-7-25(24)27-20-35(19-22-8-9-26(30(31,32)33)28(16-22)37-3)14-15-36(27)23-17-29(18-23)10-12-34-13-11-29/h4-9,16,21,23,27,34H,10-15,17-20H2,1-3H3. The fraction of sp³-hybridized carbons (Fsp3) is 0.600. The third-order valence-electron chi connectivity index (χ3n) is 8.93. The molecule has 2 heterocycles. The minimum absolute atomic E-state index is 0.105. The average molecular weight is 516 g/mol. The van der Waals surface area contributed by atoms with Crippen LogP contribution in [0.3, 0.4) is 0 Å². The Labute approximate surface area is 219 Å². The monoisotopic (exact) mass is 515 g/mol. The second-order valence-corrected chi connectivity index (χ2v) is 11.6. The van der Waals surface area contributed by atoms with Crippen LogP contribution in [0.5, 0.6) is 5.75 Å². The Bertz CT molecular complexity index is 1070. The molecular weight excluding hydrogens is 475 g/mol. The second-order valence-electron chi connectivity index (χ2n) is 11.6. The Balaban J connectivity index is 1.37. The van der Waals surface area contributed by atoms with Gasteiger partial charge >= 0.3 is 6.18 Å². The van der Waals surface area contributed by atoms with Crippen LogP contribution in [-0.2, 0) is 12.7 Å². The van der Waals surface area contributed by atoms with Crippen LogP contribution in [-0.4, -0.2) is 55.7 Å². The Morgan fingerprint density at radius 3 is 2.46 bits per heavy atom. The molecule has 0 radical (unpaired) electrons. The number of piperidine rings is 1. The molecular formula is C30H40F3N3O. The van der Waals surface area contributed by atoms with Crippen LogP contribution < -0.4 is 10.1 Å². The maximum Gasteiger partial charge on any atom is 0.419 e. The number of halogens is 3. The number of hydrogen-bond acceptors (Lipinski definition) is 4. The first-order chi connectivity index (χ1) is 17.7. The molecule has 4 nitrogen and oxygen atoms in total. The van der Waals surface area contributed by atoms with Gasteiger partial charge in [0.1, 0.15) is 5.75 Å². The molecule has 1 atom stereocenters. The number of hydrogen-bond donors (Lipinski definition) is 1. The van der Waals surface area contributed by atoms with E-state index in [9.17, 15) is 13.2 Å². The van der Waals surface area contributed by atoms with Gasteiger partial charge in [-0.2, -0.15) is 13.2 Å². The number of alkyl halides is 3. The zero-order valence-corrected chi connectivity index (χ0v) is 22.3. The van der Waals surface area contributed by atoms with Crippen molar-refractivity contribution in [1.82, 2.24) is 15.1 Å². The molecule has 5 rings (SSSR count). The molecule has 1 N–H and O–H groups in total. The summed E-state index contributed by atoms with van der Waals surface area (Å²) in [4.78, 5) is 5.15. The predicted molar refractivity (Wildman–Crippen MR) is 141 cm³/mol. The molecule has 3 fully saturated rings. The SMILES string of the molecule is COc1cc(CN2CCN(C3CC4(CCNCC4)C3)C(c3ccccc3C(C)C)C2)ccc1C(F)(F)F. The van der Waals surface area contributed by atoms with Gasteiger partial charge < -0.3 is 10.1 Å². The Morgan fingerprint density at radius 1 is 1.05 bits per heavy atom. The van der Waals surface area contributed by atoms with E-state index in [0.29, 0.717) is 23.9 Å². The van der Waals surface area contributed by atoms with Crippen molar-refractivity contribution < 1.29 is 17.9 Å². The molecule has 1 aliphatic carbocycles. The zero-order chi connectivity index (χ0) is 26.2. The first-order valence-corrected chi connectivity index (χ1v) is 13.7. The number of rotatable bonds is 6. The van der Waals surface area contributed by atoms with Crippen molar-refractivity contribution in [3.8, 4) is 5.75 Å². The van der Waals surface area contributed by atoms with Gasteiger partial charge in [0.15, 0.2) is 0 Å². The fourth-order valence-corrected chi connectivity index (χ4v) is 6.92. The zero-order valence-electron chi connectivity index (χ0n) is 22.3. The number of methoxy groups -OCH3 is 1. The van der Waals surface area contributed by atoms with E-state index in [2.05, 4.69) is 53.2 Å². The van der Waals surface area contributed by atoms with Gasteiger partial charge in [0.05, 0.1) is 12.7 Å². The molecule has 0 bridgehead atoms. The van der Waals surface area contributed by atoms with Crippen LogP contribution in [0.4, 0.5) is 13.2 Å². The van der Waals surface area contributed by atoms with Gasteiger partial charge in [0.2, 0.25) is 0 Å². The molecule has 0 aromatic heterocycles. The summed E-state index contributed by atoms with van der Waals surface area (Å²) in [7, 11) is 1.31. The quantitative estimate of drug-likeness (QED) is 0.494. The Kier molecular flexibility index (Phi) is 7.58. The lowest BCUT2D eigenvalue weighted by molar-refractivity contribution is -0.138. The molecule has 1 unspecified atom stereocenters. The van der Waals surface area contributed by atoms with Gasteiger partial charge in [-0.3, -0.25) is 9.80 Å². The summed E-state index contributed by atoms with van der Waals surface area (Å²) in [5.74, 6) is 0.330. The molecule has 1 spiro atoms. The highest BCUT2D eigenvalue weighted by molar-refractivity contribution is 5.39. The van der Waals surface area contributed by atoms with Crippen molar-refractivity contribution in [2.24, 2.45) is 5.41 Å². The van der Waals surface area contributed by atoms with Crippen molar-refractivity contribution in [3.63, 3.8) is 0 Å². The largest absolute Gasteiger partial charge is 0.496 e. The summed E-state index contributed by atoms with van der Waals surface area (Å²) >= 11 is 0. The topological polar surface area (TPSA) is 27.7 Å². The van der Waals surface area contributed by atoms with E-state index in [1.54, 1.807) is 12.1 Å². The molecule has 0 amide bonds. The van der Waals surface area contributed by atoms with Gasteiger partial charge in [0.25, 0.3) is 0 Å². The van der Waals surface area contributed by atoms with E-state index < -0.39 is 11.7 Å². The predicted octanol–water partition coefficient (Wildman–Crippen LogP) is 6.23. The maximum absolute atomic E-state index is 13.4. The molecule has 7 heteroatoms. The summed E-state index contributed by atoms with van der Waals surface area (Å²) in [5, 5.41) is 3.51. The lowest BCUT2D eigenvalue weighted by atomic mass is 9.60. The van der Waals surface area contributed by atoms with E-state index >= 15 is 0 Å². The van der Waals surface area contributed by atoms with E-state index in [0.717, 1.165) is 44.4 Å². The molecule has 37 heavy (non-hydrogen) atoms. The van der Waals surface area contributed by atoms with Crippen molar-refractivity contribution in [1.29, 1.82) is 0 Å². The van der Waals surface area contributed by atoms with E-state index in [1.165, 1.54) is 43.9 Å². The normalized spacial score (nSPS) is 23.4. The minimum Gasteiger partial charge on any atom is -0.496 e. The van der Waals surface area contributed by atoms with Gasteiger partial charge in [-0.1, -0.05) is 44.2 Å². The van der Waals surface area contributed by atoms with Crippen molar-refractivity contribution in [2.75, 3.05) is 39.8 Å². The van der Waals surface area contributed by atoms with Crippen LogP contribution >= 0.6 is 0 Å². The highest BCUT2D eigenvalue weighted by Gasteiger charge is 2.49. The fourth-order valence-electron chi connectivity index (χ4n) is 6.92. The number of benzene rings is 2. The molecule has 2 saturated heterocycles. The first kappa shape index (κ1) is 26.5. The third-order valence-corrected chi connectivity index (χ3v) is 8.93. The first-order valence-electron chi connectivity index (χ1n) is 13.7. The highest BCUT2D eigenvalue weighted by Crippen LogP contribution is 2.52. The van der Waals surface area contributed by atoms with Crippen molar-refractivity contribution >= 4 is 0 Å². The molecule has 1 saturated carbocycles. The summed E-state index contributed by atoms with van der Waals surface area (Å²) in [6.45, 7) is 10.2. The van der Waals surface area contributed by atoms with Crippen LogP contribution in [0.1, 0.15) is 73.7 Å². The lowest BCUT2D eigenvalue weighted by Crippen LogP contribution is -2.59. The average Bonchev–Trinajstić information content (AvgIpc) is 2.87. The van der Waals surface area contributed by atoms with Gasteiger partial charge in [-0.25, -0.2) is 0 Å². The molecule has 202 valence electrons. The Hall–Kier alpha value is -2.09. The minimum atomic E-state index is -4.42. The molecule has 2 aromatic carbocycles. The summed E-state index contributed by atoms with van der Waals surface area (Å²) in [6, 6.07) is 14.0. The summed E-state index contributed by atoms with van der Waals surface area (Å²) in [5.41, 5.74) is 3.45. The van der Waals surface area contributed by atoms with Crippen LogP contribution in [0.25, 0.3) is 0 Å². The van der Waals surface area contributed by atoms with Crippen molar-refractivity contribution in [2.45, 2.75) is 70.3 Å². The van der Waals surface area contributed by atoms with Crippen LogP contribution in [0.15, 0.2) is 42.5 Å². The summed E-state index contributed by atoms with van der Waals surface area (Å²) in [6.07, 6.45) is 0.713. The van der Waals surface area contributed by atoms with E-state index in [4.69, 9.17) is 4.74 Å². The number of nitrogens with zero attached hydrogens (tertiary/aromatic N) is 2. The van der Waals surface area contributed by atoms with Gasteiger partial charge in [-0.05, 0) is 78.9 Å². The summed E-state index contributed by atoms with van der Waals surface area (Å²) < 4.78 is 45.2. The van der Waals surface area contributed by atoms with Gasteiger partial charge in [-0.15, -0.1) is 0 Å². The van der Waals surface area contributed by atoms with E-state index in [1.807, 2.05) is 0 Å². The van der Waals surface area contributed by atoms with Gasteiger partial charge in [0, 0.05) is 38.3 Å². The number of ether oxygens (including phenoxy) is 1. The Morgan fingerprint density at radius 2 is 1.78 bits per heavy atom. The highest BCUT2D eigenvalue weighted by atomic mass is 19.4. The molecule has 3 aliphatic rings. The van der Waals surface area contributed by atoms with Crippen LogP contribution in [0.2, 0.25) is 0 Å².